The number of nitrogens with two attached hydrogens (primary N) is 1. The lowest BCUT2D eigenvalue weighted by Crippen LogP contribution is -2.69. The molecule has 6 atom stereocenters. The number of aromatic nitrogens is 2. The van der Waals surface area contributed by atoms with E-state index in [4.69, 9.17) is 20.4 Å². The number of aryl methyl sites for hydroxylation is 2. The van der Waals surface area contributed by atoms with Gasteiger partial charge in [-0.3, -0.25) is 4.90 Å². The summed E-state index contributed by atoms with van der Waals surface area (Å²) in [5.74, 6) is 4.13. The molecule has 6 nitrogen and oxygen atoms in total. The summed E-state index contributed by atoms with van der Waals surface area (Å²) in [4.78, 5) is 15.4. The molecule has 1 aromatic heterocycles. The number of benzene rings is 1. The van der Waals surface area contributed by atoms with Crippen LogP contribution < -0.4 is 15.4 Å². The molecule has 190 valence electrons. The van der Waals surface area contributed by atoms with Crippen molar-refractivity contribution in [1.82, 2.24) is 14.9 Å². The maximum atomic E-state index is 6.51. The van der Waals surface area contributed by atoms with Crippen molar-refractivity contribution in [1.29, 1.82) is 0 Å². The van der Waals surface area contributed by atoms with E-state index in [9.17, 15) is 0 Å². The fourth-order valence-corrected chi connectivity index (χ4v) is 10.3. The summed E-state index contributed by atoms with van der Waals surface area (Å²) in [5.41, 5.74) is 13.1. The Morgan fingerprint density at radius 3 is 2.64 bits per heavy atom. The lowest BCUT2D eigenvalue weighted by molar-refractivity contribution is -0.0921. The second-order valence-electron chi connectivity index (χ2n) is 13.0. The minimum absolute atomic E-state index is 0.216. The molecule has 0 spiro atoms. The number of nitrogens with zero attached hydrogens (tertiary/aromatic N) is 4. The largest absolute Gasteiger partial charge is 0.495 e. The Balaban J connectivity index is 1.29. The number of ether oxygens (including phenoxy) is 1. The van der Waals surface area contributed by atoms with Crippen molar-refractivity contribution in [3.8, 4) is 5.75 Å². The summed E-state index contributed by atoms with van der Waals surface area (Å²) >= 11 is 0. The van der Waals surface area contributed by atoms with Gasteiger partial charge in [0.1, 0.15) is 5.75 Å². The molecule has 8 rings (SSSR count). The molecule has 6 aliphatic rings. The Bertz CT molecular complexity index is 1240. The molecule has 3 saturated carbocycles. The molecule has 2 unspecified atom stereocenters. The zero-order valence-electron chi connectivity index (χ0n) is 22.0. The van der Waals surface area contributed by atoms with Gasteiger partial charge < -0.3 is 15.4 Å². The average Bonchev–Trinajstić information content (AvgIpc) is 3.53. The third kappa shape index (κ3) is 2.62. The van der Waals surface area contributed by atoms with Crippen LogP contribution in [-0.4, -0.2) is 53.7 Å². The number of piperidine rings is 1. The minimum Gasteiger partial charge on any atom is -0.495 e. The topological polar surface area (TPSA) is 67.5 Å². The zero-order valence-corrected chi connectivity index (χ0v) is 22.0. The van der Waals surface area contributed by atoms with Crippen LogP contribution in [-0.2, 0) is 11.8 Å². The molecule has 2 aromatic rings. The van der Waals surface area contributed by atoms with E-state index < -0.39 is 0 Å². The van der Waals surface area contributed by atoms with Gasteiger partial charge in [-0.1, -0.05) is 0 Å². The van der Waals surface area contributed by atoms with E-state index in [0.717, 1.165) is 47.7 Å². The van der Waals surface area contributed by atoms with E-state index in [-0.39, 0.29) is 5.41 Å². The third-order valence-electron chi connectivity index (χ3n) is 11.4. The first-order valence-corrected chi connectivity index (χ1v) is 14.2. The van der Waals surface area contributed by atoms with Gasteiger partial charge in [-0.05, 0) is 118 Å². The van der Waals surface area contributed by atoms with E-state index in [1.165, 1.54) is 57.2 Å². The van der Waals surface area contributed by atoms with E-state index >= 15 is 0 Å². The van der Waals surface area contributed by atoms with Crippen molar-refractivity contribution in [2.24, 2.45) is 23.2 Å². The molecule has 6 heteroatoms. The van der Waals surface area contributed by atoms with Crippen LogP contribution in [0.5, 0.6) is 5.75 Å². The average molecular weight is 486 g/mol. The van der Waals surface area contributed by atoms with E-state index in [1.54, 1.807) is 12.7 Å². The highest BCUT2D eigenvalue weighted by Crippen LogP contribution is 2.75. The van der Waals surface area contributed by atoms with Crippen molar-refractivity contribution in [3.63, 3.8) is 0 Å². The van der Waals surface area contributed by atoms with Gasteiger partial charge >= 0.3 is 0 Å². The zero-order chi connectivity index (χ0) is 24.4. The molecule has 0 amide bonds. The van der Waals surface area contributed by atoms with Crippen LogP contribution in [0.3, 0.4) is 0 Å². The molecule has 4 bridgehead atoms. The normalized spacial score (nSPS) is 38.1. The molecule has 5 fully saturated rings. The quantitative estimate of drug-likeness (QED) is 0.653. The number of rotatable bonds is 4. The fourth-order valence-electron chi connectivity index (χ4n) is 10.3. The molecule has 4 aliphatic carbocycles. The summed E-state index contributed by atoms with van der Waals surface area (Å²) in [6, 6.07) is 7.92. The number of likely N-dealkylation sites (tertiary alicyclic amines) is 1. The van der Waals surface area contributed by atoms with E-state index in [0.29, 0.717) is 29.3 Å². The van der Waals surface area contributed by atoms with Gasteiger partial charge in [-0.25, -0.2) is 9.97 Å². The maximum Gasteiger partial charge on any atom is 0.226 e. The Morgan fingerprint density at radius 1 is 1.08 bits per heavy atom. The Kier molecular flexibility index (Phi) is 4.31. The molecule has 3 heterocycles. The highest BCUT2D eigenvalue weighted by molar-refractivity contribution is 5.62. The predicted molar refractivity (Wildman–Crippen MR) is 141 cm³/mol. The summed E-state index contributed by atoms with van der Waals surface area (Å²) in [7, 11) is 1.77. The number of hydrogen-bond donors (Lipinski definition) is 1. The van der Waals surface area contributed by atoms with Crippen LogP contribution >= 0.6 is 0 Å². The van der Waals surface area contributed by atoms with Crippen LogP contribution in [0.2, 0.25) is 0 Å². The SMILES string of the molecule is COc1cc2c(cc1N)C[C@H]1N(CC3CC3)CC[C@@]23C2C4CC[C@@]13C[C@@H]2CN4c1nc(C)cc(C)n1. The molecular formula is C30H39N5O. The summed E-state index contributed by atoms with van der Waals surface area (Å²) in [5, 5.41) is 0. The lowest BCUT2D eigenvalue weighted by atomic mass is 9.43. The first kappa shape index (κ1) is 21.7. The van der Waals surface area contributed by atoms with Gasteiger partial charge in [-0.2, -0.15) is 0 Å². The van der Waals surface area contributed by atoms with E-state index in [1.807, 2.05) is 0 Å². The van der Waals surface area contributed by atoms with Crippen molar-refractivity contribution in [3.05, 3.63) is 40.7 Å². The maximum absolute atomic E-state index is 6.51. The van der Waals surface area contributed by atoms with Gasteiger partial charge in [0.2, 0.25) is 5.95 Å². The van der Waals surface area contributed by atoms with Crippen molar-refractivity contribution in [2.45, 2.75) is 76.3 Å². The van der Waals surface area contributed by atoms with Crippen LogP contribution in [0.1, 0.15) is 61.0 Å². The third-order valence-corrected chi connectivity index (χ3v) is 11.4. The monoisotopic (exact) mass is 485 g/mol. The Labute approximate surface area is 214 Å². The van der Waals surface area contributed by atoms with E-state index in [2.05, 4.69) is 41.8 Å². The van der Waals surface area contributed by atoms with Crippen molar-refractivity contribution in [2.75, 3.05) is 37.4 Å². The van der Waals surface area contributed by atoms with Crippen LogP contribution in [0.4, 0.5) is 11.6 Å². The highest BCUT2D eigenvalue weighted by Gasteiger charge is 2.76. The van der Waals surface area contributed by atoms with Crippen LogP contribution in [0.25, 0.3) is 0 Å². The molecule has 2 saturated heterocycles. The summed E-state index contributed by atoms with van der Waals surface area (Å²) < 4.78 is 5.82. The highest BCUT2D eigenvalue weighted by atomic mass is 16.5. The summed E-state index contributed by atoms with van der Waals surface area (Å²) in [6.45, 7) is 7.87. The second-order valence-corrected chi connectivity index (χ2v) is 13.0. The van der Waals surface area contributed by atoms with Gasteiger partial charge in [0, 0.05) is 42.0 Å². The van der Waals surface area contributed by atoms with Gasteiger partial charge in [0.15, 0.2) is 0 Å². The molecule has 2 N–H and O–H groups in total. The predicted octanol–water partition coefficient (Wildman–Crippen LogP) is 4.27. The smallest absolute Gasteiger partial charge is 0.226 e. The number of hydrogen-bond acceptors (Lipinski definition) is 6. The Morgan fingerprint density at radius 2 is 1.89 bits per heavy atom. The lowest BCUT2D eigenvalue weighted by Gasteiger charge is -2.66. The second kappa shape index (κ2) is 7.15. The molecule has 0 radical (unpaired) electrons. The van der Waals surface area contributed by atoms with Crippen molar-refractivity contribution >= 4 is 11.6 Å². The van der Waals surface area contributed by atoms with Gasteiger partial charge in [-0.15, -0.1) is 0 Å². The van der Waals surface area contributed by atoms with Gasteiger partial charge in [0.25, 0.3) is 0 Å². The van der Waals surface area contributed by atoms with Gasteiger partial charge in [0.05, 0.1) is 12.8 Å². The van der Waals surface area contributed by atoms with Crippen LogP contribution in [0.15, 0.2) is 18.2 Å². The summed E-state index contributed by atoms with van der Waals surface area (Å²) in [6.07, 6.45) is 9.24. The molecule has 2 aliphatic heterocycles. The Hall–Kier alpha value is -2.34. The number of methoxy groups -OCH3 is 1. The molecule has 36 heavy (non-hydrogen) atoms. The first-order valence-electron chi connectivity index (χ1n) is 14.2. The fraction of sp³-hybridized carbons (Fsp3) is 0.667. The van der Waals surface area contributed by atoms with Crippen LogP contribution in [0, 0.1) is 37.0 Å². The first-order chi connectivity index (χ1) is 17.4. The number of anilines is 2. The van der Waals surface area contributed by atoms with Crippen molar-refractivity contribution < 1.29 is 4.74 Å². The number of nitrogen functional groups attached to an aromatic ring is 1. The molecular weight excluding hydrogens is 446 g/mol. The number of fused-ring (bicyclic) bond motifs is 1. The standard InChI is InChI=1S/C30H39N5O/c1-17-10-18(2)33-28(32-17)35-16-21-14-29-7-6-24(35)27(21)30(29)8-9-34(15-19-4-5-19)26(29)12-20-11-23(31)25(36-3)13-22(20)30/h10-11,13,19,21,24,26-27H,4-9,12,14-16,31H2,1-3H3/t21-,24?,26-,27?,29-,30+/m1/s1. The molecule has 1 aromatic carbocycles. The minimum atomic E-state index is 0.216.